The Balaban J connectivity index is 1.40. The summed E-state index contributed by atoms with van der Waals surface area (Å²) in [6, 6.07) is 12.8. The molecule has 3 N–H and O–H groups in total. The van der Waals surface area contributed by atoms with Crippen molar-refractivity contribution in [3.05, 3.63) is 53.6 Å². The number of amides is 1. The number of piperidine rings is 1. The van der Waals surface area contributed by atoms with Crippen molar-refractivity contribution in [2.24, 2.45) is 0 Å². The van der Waals surface area contributed by atoms with Gasteiger partial charge in [-0.3, -0.25) is 19.6 Å². The lowest BCUT2D eigenvalue weighted by molar-refractivity contribution is -0.117. The van der Waals surface area contributed by atoms with E-state index >= 15 is 0 Å². The Morgan fingerprint density at radius 3 is 2.66 bits per heavy atom. The van der Waals surface area contributed by atoms with Crippen molar-refractivity contribution in [3.63, 3.8) is 0 Å². The molecule has 8 nitrogen and oxygen atoms in total. The van der Waals surface area contributed by atoms with Crippen molar-refractivity contribution in [2.45, 2.75) is 18.9 Å². The molecule has 1 fully saturated rings. The summed E-state index contributed by atoms with van der Waals surface area (Å²) in [6.07, 6.45) is 1.05. The molecule has 2 aromatic carbocycles. The number of methoxy groups -OCH3 is 1. The Bertz CT molecular complexity index is 1180. The summed E-state index contributed by atoms with van der Waals surface area (Å²) in [5.74, 6) is 0.391. The Hall–Kier alpha value is -3.49. The zero-order chi connectivity index (χ0) is 22.2. The van der Waals surface area contributed by atoms with Crippen molar-refractivity contribution >= 4 is 17.4 Å². The minimum absolute atomic E-state index is 0.161. The smallest absolute Gasteiger partial charge is 0.238 e. The summed E-state index contributed by atoms with van der Waals surface area (Å²) >= 11 is 0. The molecule has 0 atom stereocenters. The average molecular weight is 432 g/mol. The van der Waals surface area contributed by atoms with Gasteiger partial charge >= 0.3 is 0 Å². The van der Waals surface area contributed by atoms with Crippen LogP contribution in [0.15, 0.2) is 42.5 Å². The van der Waals surface area contributed by atoms with Crippen LogP contribution in [0.4, 0.5) is 5.69 Å². The van der Waals surface area contributed by atoms with Gasteiger partial charge in [0, 0.05) is 24.2 Å². The summed E-state index contributed by atoms with van der Waals surface area (Å²) in [7, 11) is 1.60. The number of H-pyrrole nitrogens is 1. The number of carbonyl (C=O) groups excluding carboxylic acids is 2. The number of aliphatic hydroxyl groups excluding tert-OH is 1. The number of fused-ring (bicyclic) bond motifs is 3. The lowest BCUT2D eigenvalue weighted by atomic mass is 10.0. The van der Waals surface area contributed by atoms with Crippen LogP contribution in [0.5, 0.6) is 5.75 Å². The molecule has 2 heterocycles. The maximum absolute atomic E-state index is 13.4. The number of likely N-dealkylation sites (tertiary alicyclic amines) is 1. The Labute approximate surface area is 185 Å². The molecule has 1 amide bonds. The predicted octanol–water partition coefficient (Wildman–Crippen LogP) is 2.69. The van der Waals surface area contributed by atoms with Crippen molar-refractivity contribution in [1.82, 2.24) is 15.1 Å². The Morgan fingerprint density at radius 2 is 1.94 bits per heavy atom. The zero-order valence-corrected chi connectivity index (χ0v) is 17.7. The van der Waals surface area contributed by atoms with Gasteiger partial charge in [-0.05, 0) is 43.2 Å². The Morgan fingerprint density at radius 1 is 1.19 bits per heavy atom. The number of benzene rings is 2. The van der Waals surface area contributed by atoms with Crippen LogP contribution in [-0.2, 0) is 4.79 Å². The van der Waals surface area contributed by atoms with Gasteiger partial charge in [-0.1, -0.05) is 12.1 Å². The molecular weight excluding hydrogens is 408 g/mol. The topological polar surface area (TPSA) is 108 Å². The second kappa shape index (κ2) is 8.22. The third kappa shape index (κ3) is 3.57. The van der Waals surface area contributed by atoms with Crippen LogP contribution in [0.25, 0.3) is 22.5 Å². The van der Waals surface area contributed by atoms with Gasteiger partial charge in [0.15, 0.2) is 5.78 Å². The molecule has 1 aliphatic carbocycles. The van der Waals surface area contributed by atoms with Crippen molar-refractivity contribution in [2.75, 3.05) is 32.1 Å². The van der Waals surface area contributed by atoms with Crippen molar-refractivity contribution < 1.29 is 19.4 Å². The summed E-state index contributed by atoms with van der Waals surface area (Å²) in [5, 5.41) is 20.0. The third-order valence-corrected chi connectivity index (χ3v) is 6.12. The summed E-state index contributed by atoms with van der Waals surface area (Å²) < 4.78 is 5.21. The Kier molecular flexibility index (Phi) is 5.24. The van der Waals surface area contributed by atoms with E-state index in [-0.39, 0.29) is 24.3 Å². The van der Waals surface area contributed by atoms with Gasteiger partial charge in [0.1, 0.15) is 11.4 Å². The van der Waals surface area contributed by atoms with Crippen LogP contribution in [-0.4, -0.2) is 64.7 Å². The SMILES string of the molecule is COc1ccc(-c2n[nH]c3c2C(=O)c2c(NC(=O)CN4CCC(O)CC4)cccc2-3)cc1. The largest absolute Gasteiger partial charge is 0.497 e. The highest BCUT2D eigenvalue weighted by molar-refractivity contribution is 6.27. The average Bonchev–Trinajstić information content (AvgIpc) is 3.36. The van der Waals surface area contributed by atoms with E-state index in [1.165, 1.54) is 0 Å². The second-order valence-electron chi connectivity index (χ2n) is 8.16. The highest BCUT2D eigenvalue weighted by atomic mass is 16.5. The lowest BCUT2D eigenvalue weighted by Gasteiger charge is -2.28. The number of aliphatic hydroxyl groups is 1. The molecule has 0 spiro atoms. The number of anilines is 1. The fourth-order valence-electron chi connectivity index (χ4n) is 4.42. The molecule has 1 aliphatic heterocycles. The van der Waals surface area contributed by atoms with Crippen LogP contribution in [0, 0.1) is 0 Å². The van der Waals surface area contributed by atoms with E-state index in [9.17, 15) is 14.7 Å². The number of aromatic amines is 1. The normalized spacial score (nSPS) is 16.0. The van der Waals surface area contributed by atoms with E-state index in [1.54, 1.807) is 13.2 Å². The molecule has 3 aromatic rings. The van der Waals surface area contributed by atoms with E-state index in [2.05, 4.69) is 15.5 Å². The molecule has 8 heteroatoms. The molecule has 0 unspecified atom stereocenters. The molecule has 32 heavy (non-hydrogen) atoms. The maximum Gasteiger partial charge on any atom is 0.238 e. The van der Waals surface area contributed by atoms with Crippen molar-refractivity contribution in [3.8, 4) is 28.3 Å². The van der Waals surface area contributed by atoms with Gasteiger partial charge in [0.25, 0.3) is 0 Å². The zero-order valence-electron chi connectivity index (χ0n) is 17.7. The monoisotopic (exact) mass is 432 g/mol. The van der Waals surface area contributed by atoms with Gasteiger partial charge in [-0.15, -0.1) is 0 Å². The second-order valence-corrected chi connectivity index (χ2v) is 8.16. The van der Waals surface area contributed by atoms with Gasteiger partial charge in [0.2, 0.25) is 5.91 Å². The van der Waals surface area contributed by atoms with E-state index in [0.717, 1.165) is 16.9 Å². The van der Waals surface area contributed by atoms with E-state index in [0.29, 0.717) is 54.1 Å². The predicted molar refractivity (Wildman–Crippen MR) is 120 cm³/mol. The highest BCUT2D eigenvalue weighted by Gasteiger charge is 2.35. The number of hydrogen-bond donors (Lipinski definition) is 3. The third-order valence-electron chi connectivity index (χ3n) is 6.12. The molecule has 2 aliphatic rings. The van der Waals surface area contributed by atoms with Crippen molar-refractivity contribution in [1.29, 1.82) is 0 Å². The minimum Gasteiger partial charge on any atom is -0.497 e. The van der Waals surface area contributed by atoms with Crippen LogP contribution >= 0.6 is 0 Å². The molecule has 0 bridgehead atoms. The number of hydrogen-bond acceptors (Lipinski definition) is 6. The standard InChI is InChI=1S/C24H24N4O4/c1-32-16-7-5-14(6-8-16)22-21-23(27-26-22)17-3-2-4-18(20(17)24(21)31)25-19(30)13-28-11-9-15(29)10-12-28/h2-8,15,29H,9-13H2,1H3,(H,25,30)(H,26,27). The van der Waals surface area contributed by atoms with Crippen LogP contribution in [0.1, 0.15) is 28.8 Å². The first-order chi connectivity index (χ1) is 15.5. The molecule has 5 rings (SSSR count). The van der Waals surface area contributed by atoms with E-state index < -0.39 is 0 Å². The number of nitrogens with one attached hydrogen (secondary N) is 2. The molecule has 1 aromatic heterocycles. The molecule has 0 saturated carbocycles. The van der Waals surface area contributed by atoms with Gasteiger partial charge in [0.05, 0.1) is 42.3 Å². The first kappa shape index (κ1) is 20.4. The molecular formula is C24H24N4O4. The van der Waals surface area contributed by atoms with Crippen LogP contribution in [0.2, 0.25) is 0 Å². The van der Waals surface area contributed by atoms with E-state index in [4.69, 9.17) is 4.74 Å². The van der Waals surface area contributed by atoms with Gasteiger partial charge in [-0.25, -0.2) is 0 Å². The maximum atomic E-state index is 13.4. The number of aromatic nitrogens is 2. The summed E-state index contributed by atoms with van der Waals surface area (Å²) in [4.78, 5) is 28.1. The number of carbonyl (C=O) groups is 2. The molecule has 0 radical (unpaired) electrons. The number of nitrogens with zero attached hydrogens (tertiary/aromatic N) is 2. The van der Waals surface area contributed by atoms with Crippen LogP contribution < -0.4 is 10.1 Å². The first-order valence-electron chi connectivity index (χ1n) is 10.7. The quantitative estimate of drug-likeness (QED) is 0.448. The van der Waals surface area contributed by atoms with E-state index in [1.807, 2.05) is 41.3 Å². The van der Waals surface area contributed by atoms with Crippen LogP contribution in [0.3, 0.4) is 0 Å². The number of ketones is 1. The lowest BCUT2D eigenvalue weighted by Crippen LogP contribution is -2.40. The van der Waals surface area contributed by atoms with Gasteiger partial charge < -0.3 is 15.2 Å². The fraction of sp³-hybridized carbons (Fsp3) is 0.292. The number of rotatable bonds is 5. The molecule has 1 saturated heterocycles. The minimum atomic E-state index is -0.285. The number of ether oxygens (including phenoxy) is 1. The summed E-state index contributed by atoms with van der Waals surface area (Å²) in [6.45, 7) is 1.60. The first-order valence-corrected chi connectivity index (χ1v) is 10.7. The fourth-order valence-corrected chi connectivity index (χ4v) is 4.42. The molecule has 164 valence electrons. The highest BCUT2D eigenvalue weighted by Crippen LogP contribution is 2.43. The van der Waals surface area contributed by atoms with Gasteiger partial charge in [-0.2, -0.15) is 5.10 Å². The summed E-state index contributed by atoms with van der Waals surface area (Å²) in [5.41, 5.74) is 4.27.